The van der Waals surface area contributed by atoms with Gasteiger partial charge in [-0.2, -0.15) is 0 Å². The zero-order valence-corrected chi connectivity index (χ0v) is 27.9. The van der Waals surface area contributed by atoms with Crippen LogP contribution in [0.2, 0.25) is 0 Å². The zero-order chi connectivity index (χ0) is 34.4. The van der Waals surface area contributed by atoms with Gasteiger partial charge >= 0.3 is 0 Å². The summed E-state index contributed by atoms with van der Waals surface area (Å²) in [4.78, 5) is 77.5. The van der Waals surface area contributed by atoms with Gasteiger partial charge in [0, 0.05) is 31.4 Å². The lowest BCUT2D eigenvalue weighted by Gasteiger charge is -2.44. The number of likely N-dealkylation sites (tertiary alicyclic amines) is 1. The molecule has 254 valence electrons. The Morgan fingerprint density at radius 1 is 1.04 bits per heavy atom. The molecule has 2 saturated carbocycles. The van der Waals surface area contributed by atoms with Crippen LogP contribution in [0.4, 0.5) is 0 Å². The number of piperidine rings is 1. The first-order chi connectivity index (χ1) is 22.0. The van der Waals surface area contributed by atoms with Gasteiger partial charge in [-0.1, -0.05) is 41.5 Å². The van der Waals surface area contributed by atoms with Gasteiger partial charge in [-0.25, -0.2) is 4.98 Å². The second-order valence-electron chi connectivity index (χ2n) is 15.7. The third-order valence-electron chi connectivity index (χ3n) is 10.1. The van der Waals surface area contributed by atoms with Crippen LogP contribution in [0, 0.1) is 46.8 Å². The van der Waals surface area contributed by atoms with Gasteiger partial charge < -0.3 is 31.3 Å². The number of carbonyl (C=O) groups excluding carboxylic acids is 5. The van der Waals surface area contributed by atoms with Crippen molar-refractivity contribution in [2.75, 3.05) is 6.54 Å². The fourth-order valence-corrected chi connectivity index (χ4v) is 7.67. The Bertz CT molecular complexity index is 1440. The molecule has 0 aromatic carbocycles. The van der Waals surface area contributed by atoms with Gasteiger partial charge in [0.05, 0.1) is 12.2 Å². The molecule has 5 N–H and O–H groups in total. The van der Waals surface area contributed by atoms with E-state index in [1.54, 1.807) is 25.7 Å². The largest absolute Gasteiger partial charge is 0.381 e. The van der Waals surface area contributed by atoms with E-state index in [1.165, 1.54) is 18.6 Å². The van der Waals surface area contributed by atoms with E-state index in [4.69, 9.17) is 6.42 Å². The molecule has 0 spiro atoms. The zero-order valence-electron chi connectivity index (χ0n) is 27.9. The number of hydrogen-bond acceptors (Lipinski definition) is 8. The van der Waals surface area contributed by atoms with Crippen LogP contribution in [0.3, 0.4) is 0 Å². The average Bonchev–Trinajstić information content (AvgIpc) is 3.63. The van der Waals surface area contributed by atoms with Crippen molar-refractivity contribution in [3.63, 3.8) is 0 Å². The standard InChI is InChI=1S/C34H47N7O6/c1-8-9-17-14-18-16-41(24-22(18)21(17)23(38-29(24)44)25(42)30(45)37-19-10-11-19)32(47)27(34(5,6)7)40-31(46)26(33(2,3)4)39-28(43)20-15-35-12-13-36-20/h1,12-13,15,17-19,21-27,42H,9-11,14,16H2,2-7H3,(H,37,45)(H,38,44)(H,39,43)(H,40,46)/t17?,18-,21?,22+,23-,24-,25?,26+,27+/m0/s1. The molecule has 2 aliphatic carbocycles. The summed E-state index contributed by atoms with van der Waals surface area (Å²) >= 11 is 0. The maximum absolute atomic E-state index is 14.5. The van der Waals surface area contributed by atoms with E-state index in [-0.39, 0.29) is 42.0 Å². The minimum absolute atomic E-state index is 0.0349. The van der Waals surface area contributed by atoms with Crippen LogP contribution in [0.1, 0.15) is 77.7 Å². The molecular formula is C34H47N7O6. The van der Waals surface area contributed by atoms with E-state index in [2.05, 4.69) is 37.2 Å². The quantitative estimate of drug-likeness (QED) is 0.238. The van der Waals surface area contributed by atoms with Crippen molar-refractivity contribution in [1.82, 2.24) is 36.1 Å². The SMILES string of the molecule is C#CCC1C[C@H]2CN(C(=O)[C@@H](NC(=O)[C@@H](NC(=O)c3cnccn3)C(C)(C)C)C(C)(C)C)[C@@H]3C(=O)N[C@H](C(O)C(=O)NC4CC4)C1[C@@H]23. The smallest absolute Gasteiger partial charge is 0.272 e. The number of nitrogens with zero attached hydrogens (tertiary/aromatic N) is 3. The van der Waals surface area contributed by atoms with Crippen molar-refractivity contribution in [2.24, 2.45) is 34.5 Å². The van der Waals surface area contributed by atoms with Crippen molar-refractivity contribution >= 4 is 29.5 Å². The molecule has 47 heavy (non-hydrogen) atoms. The molecule has 1 aromatic rings. The number of hydrogen-bond donors (Lipinski definition) is 5. The Labute approximate surface area is 275 Å². The lowest BCUT2D eigenvalue weighted by Crippen LogP contribution is -2.67. The number of amides is 5. The number of aliphatic hydroxyl groups is 1. The molecule has 0 radical (unpaired) electrons. The lowest BCUT2D eigenvalue weighted by atomic mass is 9.73. The molecule has 13 nitrogen and oxygen atoms in total. The van der Waals surface area contributed by atoms with Crippen LogP contribution in [0.25, 0.3) is 0 Å². The second-order valence-corrected chi connectivity index (χ2v) is 15.7. The summed E-state index contributed by atoms with van der Waals surface area (Å²) in [6, 6.07) is -3.68. The monoisotopic (exact) mass is 649 g/mol. The number of aromatic nitrogens is 2. The van der Waals surface area contributed by atoms with Crippen LogP contribution >= 0.6 is 0 Å². The topological polar surface area (TPSA) is 183 Å². The first-order valence-corrected chi connectivity index (χ1v) is 16.4. The Morgan fingerprint density at radius 2 is 1.72 bits per heavy atom. The molecule has 5 amide bonds. The van der Waals surface area contributed by atoms with Crippen molar-refractivity contribution in [3.8, 4) is 12.3 Å². The van der Waals surface area contributed by atoms with Gasteiger partial charge in [0.25, 0.3) is 11.8 Å². The summed E-state index contributed by atoms with van der Waals surface area (Å²) in [5.74, 6) is -0.467. The van der Waals surface area contributed by atoms with Crippen molar-refractivity contribution in [1.29, 1.82) is 0 Å². The first kappa shape index (κ1) is 34.3. The summed E-state index contributed by atoms with van der Waals surface area (Å²) in [5, 5.41) is 22.5. The number of carbonyl (C=O) groups is 5. The van der Waals surface area contributed by atoms with E-state index in [0.29, 0.717) is 12.8 Å². The molecule has 3 unspecified atom stereocenters. The minimum Gasteiger partial charge on any atom is -0.381 e. The Balaban J connectivity index is 1.38. The van der Waals surface area contributed by atoms with Crippen LogP contribution < -0.4 is 21.3 Å². The molecule has 2 aliphatic heterocycles. The molecule has 5 rings (SSSR count). The van der Waals surface area contributed by atoms with Gasteiger partial charge in [-0.05, 0) is 53.8 Å². The molecule has 3 heterocycles. The maximum Gasteiger partial charge on any atom is 0.272 e. The summed E-state index contributed by atoms with van der Waals surface area (Å²) < 4.78 is 0. The molecular weight excluding hydrogens is 602 g/mol. The summed E-state index contributed by atoms with van der Waals surface area (Å²) in [5.41, 5.74) is -1.45. The van der Waals surface area contributed by atoms with E-state index in [1.807, 2.05) is 20.8 Å². The van der Waals surface area contributed by atoms with E-state index < -0.39 is 70.6 Å². The summed E-state index contributed by atoms with van der Waals surface area (Å²) in [6.07, 6.45) is 11.2. The van der Waals surface area contributed by atoms with Crippen molar-refractivity contribution in [2.45, 2.75) is 104 Å². The highest BCUT2D eigenvalue weighted by Gasteiger charge is 2.63. The fraction of sp³-hybridized carbons (Fsp3) is 0.676. The van der Waals surface area contributed by atoms with Gasteiger partial charge in [-0.3, -0.25) is 29.0 Å². The predicted octanol–water partition coefficient (Wildman–Crippen LogP) is 0.393. The third-order valence-corrected chi connectivity index (χ3v) is 10.1. The van der Waals surface area contributed by atoms with Crippen molar-refractivity contribution < 1.29 is 29.1 Å². The highest BCUT2D eigenvalue weighted by molar-refractivity contribution is 5.98. The Kier molecular flexibility index (Phi) is 9.38. The normalized spacial score (nSPS) is 28.6. The highest BCUT2D eigenvalue weighted by atomic mass is 16.3. The Morgan fingerprint density at radius 3 is 2.30 bits per heavy atom. The van der Waals surface area contributed by atoms with Gasteiger partial charge in [0.2, 0.25) is 17.7 Å². The van der Waals surface area contributed by atoms with E-state index in [9.17, 15) is 29.1 Å². The molecule has 4 aliphatic rings. The molecule has 1 aromatic heterocycles. The number of aliphatic hydroxyl groups excluding tert-OH is 1. The molecule has 9 atom stereocenters. The van der Waals surface area contributed by atoms with Crippen molar-refractivity contribution in [3.05, 3.63) is 24.3 Å². The maximum atomic E-state index is 14.5. The summed E-state index contributed by atoms with van der Waals surface area (Å²) in [6.45, 7) is 11.2. The minimum atomic E-state index is -1.44. The van der Waals surface area contributed by atoms with Crippen LogP contribution in [-0.4, -0.2) is 92.4 Å². The fourth-order valence-electron chi connectivity index (χ4n) is 7.67. The van der Waals surface area contributed by atoms with Gasteiger partial charge in [0.1, 0.15) is 23.8 Å². The number of terminal acetylenes is 1. The number of rotatable bonds is 9. The van der Waals surface area contributed by atoms with Crippen LogP contribution in [-0.2, 0) is 19.2 Å². The lowest BCUT2D eigenvalue weighted by molar-refractivity contribution is -0.150. The molecule has 13 heteroatoms. The van der Waals surface area contributed by atoms with Crippen LogP contribution in [0.15, 0.2) is 18.6 Å². The highest BCUT2D eigenvalue weighted by Crippen LogP contribution is 2.54. The number of nitrogens with one attached hydrogen (secondary N) is 4. The third kappa shape index (κ3) is 6.98. The molecule has 4 fully saturated rings. The predicted molar refractivity (Wildman–Crippen MR) is 171 cm³/mol. The molecule has 2 saturated heterocycles. The van der Waals surface area contributed by atoms with Gasteiger partial charge in [-0.15, -0.1) is 12.3 Å². The van der Waals surface area contributed by atoms with Gasteiger partial charge in [0.15, 0.2) is 6.10 Å². The first-order valence-electron chi connectivity index (χ1n) is 16.4. The Hall–Kier alpha value is -4.05. The van der Waals surface area contributed by atoms with E-state index in [0.717, 1.165) is 12.8 Å². The molecule has 0 bridgehead atoms. The second kappa shape index (κ2) is 12.9. The van der Waals surface area contributed by atoms with Crippen LogP contribution in [0.5, 0.6) is 0 Å². The summed E-state index contributed by atoms with van der Waals surface area (Å²) in [7, 11) is 0. The van der Waals surface area contributed by atoms with E-state index >= 15 is 0 Å². The average molecular weight is 650 g/mol.